The maximum atomic E-state index is 10.9. The van der Waals surface area contributed by atoms with E-state index < -0.39 is 17.6 Å². The quantitative estimate of drug-likeness (QED) is 0.572. The molecule has 6 nitrogen and oxygen atoms in total. The number of aliphatic carboxylic acids is 1. The van der Waals surface area contributed by atoms with Crippen molar-refractivity contribution in [2.75, 3.05) is 19.6 Å². The van der Waals surface area contributed by atoms with E-state index in [1.54, 1.807) is 18.7 Å². The van der Waals surface area contributed by atoms with E-state index in [1.165, 1.54) is 6.92 Å². The molecule has 6 heteroatoms. The fourth-order valence-corrected chi connectivity index (χ4v) is 1.54. The summed E-state index contributed by atoms with van der Waals surface area (Å²) >= 11 is 0. The minimum atomic E-state index is -1.07. The molecular weight excluding hydrogens is 224 g/mol. The lowest BCUT2D eigenvalue weighted by Gasteiger charge is -2.30. The highest BCUT2D eigenvalue weighted by molar-refractivity contribution is 5.82. The largest absolute Gasteiger partial charge is 0.480 e. The van der Waals surface area contributed by atoms with Crippen LogP contribution in [0, 0.1) is 0 Å². The molecule has 1 unspecified atom stereocenters. The summed E-state index contributed by atoms with van der Waals surface area (Å²) in [6.45, 7) is 7.60. The number of likely N-dealkylation sites (N-methyl/N-ethyl adjacent to an activating group) is 1. The van der Waals surface area contributed by atoms with E-state index in [0.717, 1.165) is 0 Å². The average Bonchev–Trinajstić information content (AvgIpc) is 2.12. The van der Waals surface area contributed by atoms with Crippen LogP contribution in [0.3, 0.4) is 0 Å². The van der Waals surface area contributed by atoms with Gasteiger partial charge in [-0.05, 0) is 20.4 Å². The van der Waals surface area contributed by atoms with E-state index in [0.29, 0.717) is 13.1 Å². The van der Waals surface area contributed by atoms with Gasteiger partial charge in [0.25, 0.3) is 0 Å². The predicted molar refractivity (Wildman–Crippen MR) is 63.7 cm³/mol. The van der Waals surface area contributed by atoms with E-state index in [2.05, 4.69) is 5.32 Å². The molecule has 0 spiro atoms. The average molecular weight is 246 g/mol. The number of carbonyl (C=O) groups excluding carboxylic acids is 1. The van der Waals surface area contributed by atoms with Crippen molar-refractivity contribution in [2.45, 2.75) is 39.3 Å². The van der Waals surface area contributed by atoms with Gasteiger partial charge in [-0.15, -0.1) is 0 Å². The number of amides is 1. The molecule has 0 radical (unpaired) electrons. The number of hydrogen-bond donors (Lipinski definition) is 3. The number of carboxylic acids is 1. The van der Waals surface area contributed by atoms with Crippen LogP contribution in [0.4, 0.5) is 0 Å². The van der Waals surface area contributed by atoms with Crippen LogP contribution < -0.4 is 5.32 Å². The Morgan fingerprint density at radius 2 is 1.94 bits per heavy atom. The van der Waals surface area contributed by atoms with E-state index in [9.17, 15) is 14.7 Å². The normalized spacial score (nSPS) is 13.5. The van der Waals surface area contributed by atoms with Crippen molar-refractivity contribution in [3.8, 4) is 0 Å². The minimum Gasteiger partial charge on any atom is -0.480 e. The first kappa shape index (κ1) is 15.9. The first-order valence-electron chi connectivity index (χ1n) is 5.60. The Kier molecular flexibility index (Phi) is 6.12. The molecule has 100 valence electrons. The van der Waals surface area contributed by atoms with Crippen LogP contribution in [-0.2, 0) is 9.59 Å². The molecule has 0 rings (SSSR count). The summed E-state index contributed by atoms with van der Waals surface area (Å²) in [5, 5.41) is 21.0. The number of aliphatic hydroxyl groups is 1. The Balaban J connectivity index is 4.49. The summed E-state index contributed by atoms with van der Waals surface area (Å²) in [4.78, 5) is 23.6. The molecule has 0 aromatic carbocycles. The second kappa shape index (κ2) is 6.56. The van der Waals surface area contributed by atoms with E-state index in [1.807, 2.05) is 6.92 Å². The van der Waals surface area contributed by atoms with Crippen LogP contribution in [0.5, 0.6) is 0 Å². The zero-order chi connectivity index (χ0) is 13.6. The number of nitrogens with zero attached hydrogens (tertiary/aromatic N) is 1. The van der Waals surface area contributed by atoms with E-state index in [-0.39, 0.29) is 12.5 Å². The van der Waals surface area contributed by atoms with Crippen LogP contribution in [0.1, 0.15) is 27.7 Å². The first-order chi connectivity index (χ1) is 7.65. The van der Waals surface area contributed by atoms with Crippen molar-refractivity contribution in [3.05, 3.63) is 0 Å². The van der Waals surface area contributed by atoms with Crippen molar-refractivity contribution < 1.29 is 19.8 Å². The summed E-state index contributed by atoms with van der Waals surface area (Å²) in [6.07, 6.45) is 0. The zero-order valence-corrected chi connectivity index (χ0v) is 10.9. The van der Waals surface area contributed by atoms with Crippen LogP contribution >= 0.6 is 0 Å². The molecule has 17 heavy (non-hydrogen) atoms. The Hall–Kier alpha value is -1.14. The Morgan fingerprint density at radius 1 is 1.41 bits per heavy atom. The SMILES string of the molecule is CCN(CC(NC(C)=O)C(=O)O)CC(C)(C)O. The van der Waals surface area contributed by atoms with Crippen molar-refractivity contribution in [1.82, 2.24) is 10.2 Å². The smallest absolute Gasteiger partial charge is 0.327 e. The molecule has 0 aromatic rings. The third-order valence-corrected chi connectivity index (χ3v) is 2.17. The molecule has 0 aliphatic heterocycles. The number of nitrogens with one attached hydrogen (secondary N) is 1. The molecule has 0 aliphatic carbocycles. The Morgan fingerprint density at radius 3 is 2.24 bits per heavy atom. The lowest BCUT2D eigenvalue weighted by Crippen LogP contribution is -2.50. The second-order valence-corrected chi connectivity index (χ2v) is 4.73. The van der Waals surface area contributed by atoms with Crippen LogP contribution in [0.25, 0.3) is 0 Å². The van der Waals surface area contributed by atoms with Crippen LogP contribution in [0.15, 0.2) is 0 Å². The third-order valence-electron chi connectivity index (χ3n) is 2.17. The molecule has 0 fully saturated rings. The van der Waals surface area contributed by atoms with Crippen LogP contribution in [-0.4, -0.2) is 58.3 Å². The fraction of sp³-hybridized carbons (Fsp3) is 0.818. The molecule has 1 atom stereocenters. The maximum absolute atomic E-state index is 10.9. The predicted octanol–water partition coefficient (Wildman–Crippen LogP) is -0.331. The van der Waals surface area contributed by atoms with Crippen molar-refractivity contribution >= 4 is 11.9 Å². The molecule has 0 aliphatic rings. The Labute approximate surface area is 102 Å². The lowest BCUT2D eigenvalue weighted by atomic mass is 10.1. The number of hydrogen-bond acceptors (Lipinski definition) is 4. The molecule has 1 amide bonds. The Bertz CT molecular complexity index is 273. The highest BCUT2D eigenvalue weighted by atomic mass is 16.4. The van der Waals surface area contributed by atoms with Gasteiger partial charge >= 0.3 is 5.97 Å². The van der Waals surface area contributed by atoms with Crippen LogP contribution in [0.2, 0.25) is 0 Å². The summed E-state index contributed by atoms with van der Waals surface area (Å²) < 4.78 is 0. The lowest BCUT2D eigenvalue weighted by molar-refractivity contribution is -0.142. The fourth-order valence-electron chi connectivity index (χ4n) is 1.54. The molecule has 0 saturated carbocycles. The highest BCUT2D eigenvalue weighted by Crippen LogP contribution is 2.05. The van der Waals surface area contributed by atoms with Gasteiger partial charge < -0.3 is 15.5 Å². The van der Waals surface area contributed by atoms with Gasteiger partial charge in [-0.2, -0.15) is 0 Å². The number of rotatable bonds is 7. The summed E-state index contributed by atoms with van der Waals surface area (Å²) in [5.74, 6) is -1.45. The molecule has 0 bridgehead atoms. The van der Waals surface area contributed by atoms with Gasteiger partial charge in [0, 0.05) is 20.0 Å². The first-order valence-corrected chi connectivity index (χ1v) is 5.60. The molecule has 0 saturated heterocycles. The number of carbonyl (C=O) groups is 2. The summed E-state index contributed by atoms with van der Waals surface area (Å²) in [7, 11) is 0. The van der Waals surface area contributed by atoms with Crippen molar-refractivity contribution in [3.63, 3.8) is 0 Å². The third kappa shape index (κ3) is 7.70. The number of carboxylic acid groups (broad SMARTS) is 1. The van der Waals surface area contributed by atoms with Gasteiger partial charge in [0.2, 0.25) is 5.91 Å². The van der Waals surface area contributed by atoms with E-state index >= 15 is 0 Å². The summed E-state index contributed by atoms with van der Waals surface area (Å²) in [6, 6.07) is -0.949. The zero-order valence-electron chi connectivity index (χ0n) is 10.9. The van der Waals surface area contributed by atoms with Gasteiger partial charge in [0.1, 0.15) is 6.04 Å². The topological polar surface area (TPSA) is 89.9 Å². The van der Waals surface area contributed by atoms with Gasteiger partial charge in [0.05, 0.1) is 5.60 Å². The second-order valence-electron chi connectivity index (χ2n) is 4.73. The maximum Gasteiger partial charge on any atom is 0.327 e. The summed E-state index contributed by atoms with van der Waals surface area (Å²) in [5.41, 5.74) is -0.894. The van der Waals surface area contributed by atoms with Crippen molar-refractivity contribution in [2.24, 2.45) is 0 Å². The molecule has 3 N–H and O–H groups in total. The van der Waals surface area contributed by atoms with Gasteiger partial charge in [-0.3, -0.25) is 9.69 Å². The minimum absolute atomic E-state index is 0.176. The monoisotopic (exact) mass is 246 g/mol. The van der Waals surface area contributed by atoms with Gasteiger partial charge in [-0.25, -0.2) is 4.79 Å². The van der Waals surface area contributed by atoms with E-state index in [4.69, 9.17) is 5.11 Å². The molecular formula is C11H22N2O4. The molecule has 0 aromatic heterocycles. The van der Waals surface area contributed by atoms with Gasteiger partial charge in [-0.1, -0.05) is 6.92 Å². The van der Waals surface area contributed by atoms with Gasteiger partial charge in [0.15, 0.2) is 0 Å². The van der Waals surface area contributed by atoms with Crippen molar-refractivity contribution in [1.29, 1.82) is 0 Å². The molecule has 0 heterocycles. The standard InChI is InChI=1S/C11H22N2O4/c1-5-13(7-11(3,4)17)6-9(10(15)16)12-8(2)14/h9,17H,5-7H2,1-4H3,(H,12,14)(H,15,16). The highest BCUT2D eigenvalue weighted by Gasteiger charge is 2.24.